The van der Waals surface area contributed by atoms with Gasteiger partial charge in [-0.3, -0.25) is 4.57 Å². The summed E-state index contributed by atoms with van der Waals surface area (Å²) in [6.07, 6.45) is 4.71. The molecule has 0 bridgehead atoms. The molecule has 12 aromatic rings. The van der Waals surface area contributed by atoms with Gasteiger partial charge in [0.25, 0.3) is 6.33 Å². The maximum Gasteiger partial charge on any atom is 0.268 e. The van der Waals surface area contributed by atoms with Crippen LogP contribution in [0.4, 0.5) is 0 Å². The Hall–Kier alpha value is -8.11. The second-order valence-electron chi connectivity index (χ2n) is 17.5. The van der Waals surface area contributed by atoms with Crippen LogP contribution in [0, 0.1) is 25.3 Å². The fraction of sp³-hybridized carbons (Fsp3) is 0.0769. The van der Waals surface area contributed by atoms with Gasteiger partial charge in [0.1, 0.15) is 5.82 Å². The number of benzene rings is 9. The average Bonchev–Trinajstić information content (AvgIpc) is 1.76. The van der Waals surface area contributed by atoms with Gasteiger partial charge in [0, 0.05) is 54.0 Å². The van der Waals surface area contributed by atoms with Crippen LogP contribution in [0.3, 0.4) is 0 Å². The number of ether oxygens (including phenoxy) is 1. The van der Waals surface area contributed by atoms with Crippen LogP contribution in [0.2, 0.25) is 0 Å². The number of imidazole rings is 1. The summed E-state index contributed by atoms with van der Waals surface area (Å²) in [5.74, 6) is 0.585. The largest absolute Gasteiger partial charge is 0.510 e. The van der Waals surface area contributed by atoms with Crippen LogP contribution in [-0.2, 0) is 26.5 Å². The van der Waals surface area contributed by atoms with E-state index in [1.807, 2.05) is 99.6 Å². The van der Waals surface area contributed by atoms with Gasteiger partial charge in [-0.1, -0.05) is 184 Å². The molecular weight excluding hydrogens is 1050 g/mol. The van der Waals surface area contributed by atoms with Crippen molar-refractivity contribution in [1.82, 2.24) is 14.1 Å². The Morgan fingerprint density at radius 1 is 0.577 bits per heavy atom. The summed E-state index contributed by atoms with van der Waals surface area (Å²) in [5.41, 5.74) is 3.49. The quantitative estimate of drug-likeness (QED) is 0.107. The third-order valence-electron chi connectivity index (χ3n) is 12.2. The van der Waals surface area contributed by atoms with E-state index in [4.69, 9.17) is 26.7 Å². The molecule has 0 aliphatic rings. The molecule has 3 heterocycles. The summed E-state index contributed by atoms with van der Waals surface area (Å²) in [7, 11) is 0. The number of aromatic nitrogens is 4. The SMILES string of the molecule is [2H]c1c([2H])c([2H])c(-c2cc(-c3cccc(C(C)(C)C)c3)c(-[n+]3[c-]n(-c4[c-]c(Oc5[c-]c6c(cc5)c5ccccc5n6-c5cc(C([2H])([2H])[2H])c(-c6c([2H])c([2H])c([2H])c([2H])c6[2H])cn5)ccc4)c4ccccc43)c(-c3c([2H])c([2H])c([2H])c([2H])c3[2H])c2)c([2H])c1[2H].[Pt]. The Kier molecular flexibility index (Phi) is 7.66. The van der Waals surface area contributed by atoms with Crippen LogP contribution in [0.5, 0.6) is 11.5 Å². The van der Waals surface area contributed by atoms with Gasteiger partial charge in [-0.2, -0.15) is 18.2 Å². The van der Waals surface area contributed by atoms with Crippen molar-refractivity contribution in [2.75, 3.05) is 0 Å². The number of hydrogen-bond acceptors (Lipinski definition) is 2. The number of para-hydroxylation sites is 3. The number of hydrogen-bond donors (Lipinski definition) is 0. The zero-order valence-corrected chi connectivity index (χ0v) is 40.4. The second-order valence-corrected chi connectivity index (χ2v) is 17.5. The molecular formula is C65H48N4OPt-2. The normalized spacial score (nSPS) is 15.3. The van der Waals surface area contributed by atoms with Crippen molar-refractivity contribution in [3.05, 3.63) is 248 Å². The van der Waals surface area contributed by atoms with Crippen molar-refractivity contribution in [3.63, 3.8) is 0 Å². The van der Waals surface area contributed by atoms with Crippen LogP contribution < -0.4 is 9.30 Å². The van der Waals surface area contributed by atoms with Gasteiger partial charge in [-0.15, -0.1) is 29.7 Å². The first-order valence-corrected chi connectivity index (χ1v) is 22.3. The van der Waals surface area contributed by atoms with Crippen molar-refractivity contribution >= 4 is 32.8 Å². The van der Waals surface area contributed by atoms with Crippen LogP contribution in [-0.4, -0.2) is 14.1 Å². The minimum absolute atomic E-state index is 0. The van der Waals surface area contributed by atoms with Gasteiger partial charge < -0.3 is 13.9 Å². The Balaban J connectivity index is 0.00000817. The van der Waals surface area contributed by atoms with Crippen molar-refractivity contribution in [2.45, 2.75) is 33.0 Å². The molecule has 0 unspecified atom stereocenters. The molecule has 9 aromatic carbocycles. The molecule has 0 aliphatic carbocycles. The second kappa shape index (κ2) is 18.7. The fourth-order valence-corrected chi connectivity index (χ4v) is 8.83. The van der Waals surface area contributed by atoms with E-state index >= 15 is 0 Å². The summed E-state index contributed by atoms with van der Waals surface area (Å²) in [6, 6.07) is 33.6. The van der Waals surface area contributed by atoms with Crippen molar-refractivity contribution < 1.29 is 55.0 Å². The minimum Gasteiger partial charge on any atom is -0.510 e. The molecule has 0 saturated heterocycles. The monoisotopic (exact) mass is 1110 g/mol. The number of rotatable bonds is 9. The topological polar surface area (TPSA) is 35.9 Å². The third-order valence-corrected chi connectivity index (χ3v) is 12.2. The first kappa shape index (κ1) is 29.2. The van der Waals surface area contributed by atoms with E-state index in [0.29, 0.717) is 44.3 Å². The smallest absolute Gasteiger partial charge is 0.268 e. The number of nitrogens with zero attached hydrogens (tertiary/aromatic N) is 4. The standard InChI is InChI=1S/C65H48N4O.Pt/c1-44-36-63(66-42-58(44)47-24-12-7-13-25-47)69-59-31-15-14-30-54(59)55-35-34-53(41-62(55)69)70-52-29-19-28-51(40-52)67-43-68(61-33-17-16-32-60(61)67)64-56(46-22-10-6-11-23-46)38-49(45-20-8-5-9-21-45)39-57(64)48-26-18-27-50(37-48)65(2,3)4;/h5-39,42H,1-4H3;/q-2;/i1D3,5D,6D,7D,8D,9D,10D,11D,12D,13D,20D,21D,22D,23D,24D,25D;. The van der Waals surface area contributed by atoms with Crippen molar-refractivity contribution in [1.29, 1.82) is 0 Å². The molecule has 0 radical (unpaired) electrons. The van der Waals surface area contributed by atoms with Gasteiger partial charge in [0.05, 0.1) is 37.3 Å². The summed E-state index contributed by atoms with van der Waals surface area (Å²) < 4.78 is 169. The zero-order chi connectivity index (χ0) is 62.9. The molecule has 0 atom stereocenters. The van der Waals surface area contributed by atoms with E-state index < -0.39 is 97.5 Å². The third kappa shape index (κ3) is 8.47. The van der Waals surface area contributed by atoms with Crippen molar-refractivity contribution in [3.8, 4) is 73.2 Å². The van der Waals surface area contributed by atoms with Gasteiger partial charge in [0.2, 0.25) is 0 Å². The van der Waals surface area contributed by atoms with E-state index in [0.717, 1.165) is 10.9 Å². The molecule has 0 N–H and O–H groups in total. The average molecular weight is 1110 g/mol. The zero-order valence-electron chi connectivity index (χ0n) is 56.1. The van der Waals surface area contributed by atoms with Gasteiger partial charge in [0.15, 0.2) is 0 Å². The van der Waals surface area contributed by atoms with E-state index in [9.17, 15) is 2.74 Å². The Morgan fingerprint density at radius 2 is 1.23 bits per heavy atom. The molecule has 5 nitrogen and oxygen atoms in total. The minimum atomic E-state index is -2.83. The van der Waals surface area contributed by atoms with E-state index in [1.54, 1.807) is 44.0 Å². The van der Waals surface area contributed by atoms with Crippen LogP contribution in [0.25, 0.3) is 94.5 Å². The first-order valence-electron chi connectivity index (χ1n) is 31.3. The van der Waals surface area contributed by atoms with E-state index in [-0.39, 0.29) is 88.4 Å². The Bertz CT molecular complexity index is 4870. The molecule has 0 spiro atoms. The molecule has 0 saturated carbocycles. The molecule has 12 rings (SSSR count). The van der Waals surface area contributed by atoms with Crippen LogP contribution >= 0.6 is 0 Å². The predicted molar refractivity (Wildman–Crippen MR) is 285 cm³/mol. The van der Waals surface area contributed by atoms with Crippen LogP contribution in [0.15, 0.2) is 218 Å². The van der Waals surface area contributed by atoms with E-state index in [1.165, 1.54) is 18.3 Å². The van der Waals surface area contributed by atoms with Crippen molar-refractivity contribution in [2.24, 2.45) is 0 Å². The summed E-state index contributed by atoms with van der Waals surface area (Å²) in [6.45, 7) is 3.31. The number of pyridine rings is 1. The van der Waals surface area contributed by atoms with E-state index in [2.05, 4.69) is 23.4 Å². The maximum atomic E-state index is 9.39. The summed E-state index contributed by atoms with van der Waals surface area (Å²) in [5, 5.41) is 1.48. The molecule has 0 fully saturated rings. The Morgan fingerprint density at radius 3 is 1.96 bits per heavy atom. The molecule has 0 aliphatic heterocycles. The molecule has 71 heavy (non-hydrogen) atoms. The molecule has 0 amide bonds. The number of aryl methyl sites for hydroxylation is 1. The van der Waals surface area contributed by atoms with Gasteiger partial charge >= 0.3 is 0 Å². The van der Waals surface area contributed by atoms with Gasteiger partial charge in [-0.25, -0.2) is 4.98 Å². The summed E-state index contributed by atoms with van der Waals surface area (Å²) in [4.78, 5) is 4.68. The fourth-order valence-electron chi connectivity index (χ4n) is 8.83. The maximum absolute atomic E-state index is 9.39. The molecule has 346 valence electrons. The van der Waals surface area contributed by atoms with Gasteiger partial charge in [-0.05, 0) is 97.7 Å². The number of fused-ring (bicyclic) bond motifs is 4. The molecule has 6 heteroatoms. The summed E-state index contributed by atoms with van der Waals surface area (Å²) >= 11 is 0. The predicted octanol–water partition coefficient (Wildman–Crippen LogP) is 15.9. The Labute approximate surface area is 454 Å². The molecule has 3 aromatic heterocycles. The first-order chi connectivity index (χ1) is 41.7. The van der Waals surface area contributed by atoms with Crippen LogP contribution in [0.1, 0.15) is 56.6 Å².